The van der Waals surface area contributed by atoms with E-state index < -0.39 is 36.1 Å². The molecule has 7 atom stereocenters. The van der Waals surface area contributed by atoms with Crippen molar-refractivity contribution in [3.8, 4) is 12.3 Å². The Hall–Kier alpha value is -3.22. The van der Waals surface area contributed by atoms with Crippen LogP contribution in [-0.4, -0.2) is 83.0 Å². The maximum atomic E-state index is 14.1. The summed E-state index contributed by atoms with van der Waals surface area (Å²) in [6, 6.07) is 8.04. The van der Waals surface area contributed by atoms with E-state index in [-0.39, 0.29) is 37.0 Å². The number of benzene rings is 1. The van der Waals surface area contributed by atoms with E-state index in [9.17, 15) is 24.6 Å². The molecule has 49 heavy (non-hydrogen) atoms. The van der Waals surface area contributed by atoms with Gasteiger partial charge in [-0.1, -0.05) is 76.3 Å². The molecule has 2 unspecified atom stereocenters. The summed E-state index contributed by atoms with van der Waals surface area (Å²) in [5.74, 6) is 2.27. The number of amides is 3. The molecule has 3 aliphatic rings. The number of fused-ring (bicyclic) bond motifs is 3. The molecule has 270 valence electrons. The van der Waals surface area contributed by atoms with Gasteiger partial charge in [0.2, 0.25) is 17.7 Å². The van der Waals surface area contributed by atoms with Crippen molar-refractivity contribution in [2.24, 2.45) is 34.6 Å². The molecular weight excluding hydrogens is 616 g/mol. The zero-order chi connectivity index (χ0) is 35.2. The molecule has 1 aliphatic carbocycles. The third-order valence-corrected chi connectivity index (χ3v) is 10.7. The molecule has 0 aromatic heterocycles. The molecule has 9 nitrogen and oxygen atoms in total. The van der Waals surface area contributed by atoms with Crippen LogP contribution in [0, 0.1) is 41.9 Å². The van der Waals surface area contributed by atoms with Gasteiger partial charge in [0.1, 0.15) is 12.1 Å². The minimum Gasteiger partial charge on any atom is -0.390 e. The number of carbonyl (C=O) groups is 3. The SMILES string of the molecule is C#CCC[C@H](NC(=O)[C@@H](CC(=O)N1CC2CC=NCC(CC2)C1)Cc1ccccc1)C(=O)N[C@@H](CC1CCCCC1)[C@@H](O)[C@@H](O)CC(C)C. The van der Waals surface area contributed by atoms with E-state index in [0.29, 0.717) is 50.1 Å². The second-order valence-corrected chi connectivity index (χ2v) is 15.3. The van der Waals surface area contributed by atoms with Gasteiger partial charge in [-0.2, -0.15) is 0 Å². The molecule has 4 rings (SSSR count). The minimum atomic E-state index is -1.14. The van der Waals surface area contributed by atoms with Crippen LogP contribution in [0.15, 0.2) is 35.3 Å². The Morgan fingerprint density at radius 1 is 0.980 bits per heavy atom. The molecule has 4 N–H and O–H groups in total. The molecule has 2 fully saturated rings. The van der Waals surface area contributed by atoms with Gasteiger partial charge in [0.15, 0.2) is 0 Å². The highest BCUT2D eigenvalue weighted by atomic mass is 16.3. The Kier molecular flexibility index (Phi) is 15.6. The maximum Gasteiger partial charge on any atom is 0.242 e. The molecule has 1 saturated carbocycles. The predicted octanol–water partition coefficient (Wildman–Crippen LogP) is 4.69. The first-order valence-electron chi connectivity index (χ1n) is 18.8. The van der Waals surface area contributed by atoms with Gasteiger partial charge in [0, 0.05) is 32.5 Å². The largest absolute Gasteiger partial charge is 0.390 e. The summed E-state index contributed by atoms with van der Waals surface area (Å²) >= 11 is 0. The zero-order valence-corrected chi connectivity index (χ0v) is 29.8. The number of likely N-dealkylation sites (tertiary alicyclic amines) is 1. The summed E-state index contributed by atoms with van der Waals surface area (Å²) in [4.78, 5) is 48.4. The lowest BCUT2D eigenvalue weighted by molar-refractivity contribution is -0.138. The summed E-state index contributed by atoms with van der Waals surface area (Å²) in [6.45, 7) is 6.01. The number of nitrogens with zero attached hydrogens (tertiary/aromatic N) is 2. The summed E-state index contributed by atoms with van der Waals surface area (Å²) in [5, 5.41) is 28.2. The number of terminal acetylenes is 1. The molecule has 2 bridgehead atoms. The summed E-state index contributed by atoms with van der Waals surface area (Å²) in [5.41, 5.74) is 0.938. The molecule has 2 aliphatic heterocycles. The molecule has 0 radical (unpaired) electrons. The second kappa shape index (κ2) is 19.8. The van der Waals surface area contributed by atoms with Crippen molar-refractivity contribution in [1.29, 1.82) is 0 Å². The number of aliphatic imine (C=N–C) groups is 1. The van der Waals surface area contributed by atoms with Crippen LogP contribution in [0.3, 0.4) is 0 Å². The molecule has 9 heteroatoms. The standard InChI is InChI=1S/C40H60N4O5/c1-4-5-16-34(40(49)43-35(23-30-14-10-7-11-15-30)38(47)36(45)21-28(2)3)42-39(48)33(22-29-12-8-6-9-13-29)24-37(46)44-26-31-17-18-32(27-44)25-41-20-19-31/h1,6,8-9,12-13,20,28,30-36,38,45,47H,5,7,10-11,14-19,21-27H2,2-3H3,(H,42,48)(H,43,49)/t31?,32?,33-,34+,35+,36+,38-/m1/s1. The monoisotopic (exact) mass is 676 g/mol. The highest BCUT2D eigenvalue weighted by Gasteiger charge is 2.35. The molecule has 0 spiro atoms. The normalized spacial score (nSPS) is 22.9. The van der Waals surface area contributed by atoms with E-state index >= 15 is 0 Å². The number of nitrogens with one attached hydrogen (secondary N) is 2. The number of hydrogen-bond acceptors (Lipinski definition) is 6. The molecule has 1 saturated heterocycles. The zero-order valence-electron chi connectivity index (χ0n) is 29.8. The van der Waals surface area contributed by atoms with Crippen LogP contribution >= 0.6 is 0 Å². The van der Waals surface area contributed by atoms with Gasteiger partial charge >= 0.3 is 0 Å². The Labute approximate surface area is 294 Å². The first-order valence-corrected chi connectivity index (χ1v) is 18.8. The van der Waals surface area contributed by atoms with E-state index in [0.717, 1.165) is 57.1 Å². The van der Waals surface area contributed by atoms with Crippen molar-refractivity contribution in [1.82, 2.24) is 15.5 Å². The molecule has 1 aromatic carbocycles. The van der Waals surface area contributed by atoms with Gasteiger partial charge in [-0.25, -0.2) is 0 Å². The van der Waals surface area contributed by atoms with E-state index in [2.05, 4.69) is 21.5 Å². The van der Waals surface area contributed by atoms with Crippen LogP contribution in [0.1, 0.15) is 103 Å². The van der Waals surface area contributed by atoms with Crippen molar-refractivity contribution < 1.29 is 24.6 Å². The van der Waals surface area contributed by atoms with Crippen LogP contribution in [0.25, 0.3) is 0 Å². The van der Waals surface area contributed by atoms with E-state index in [4.69, 9.17) is 6.42 Å². The minimum absolute atomic E-state index is 0.0366. The fourth-order valence-electron chi connectivity index (χ4n) is 7.87. The van der Waals surface area contributed by atoms with Crippen molar-refractivity contribution in [3.63, 3.8) is 0 Å². The fraction of sp³-hybridized carbons (Fsp3) is 0.700. The van der Waals surface area contributed by atoms with Gasteiger partial charge in [0.25, 0.3) is 0 Å². The lowest BCUT2D eigenvalue weighted by Gasteiger charge is -2.34. The van der Waals surface area contributed by atoms with Gasteiger partial charge in [-0.15, -0.1) is 12.3 Å². The fourth-order valence-corrected chi connectivity index (χ4v) is 7.87. The third kappa shape index (κ3) is 12.6. The molecule has 3 amide bonds. The number of carbonyl (C=O) groups excluding carboxylic acids is 3. The molecular formula is C40H60N4O5. The second-order valence-electron chi connectivity index (χ2n) is 15.3. The van der Waals surface area contributed by atoms with Crippen molar-refractivity contribution >= 4 is 23.9 Å². The van der Waals surface area contributed by atoms with E-state index in [1.807, 2.05) is 55.3 Å². The topological polar surface area (TPSA) is 131 Å². The van der Waals surface area contributed by atoms with Crippen LogP contribution in [0.2, 0.25) is 0 Å². The molecule has 2 heterocycles. The van der Waals surface area contributed by atoms with Gasteiger partial charge < -0.3 is 25.7 Å². The predicted molar refractivity (Wildman–Crippen MR) is 194 cm³/mol. The van der Waals surface area contributed by atoms with Crippen molar-refractivity contribution in [2.75, 3.05) is 19.6 Å². The maximum absolute atomic E-state index is 14.1. The Morgan fingerprint density at radius 3 is 2.41 bits per heavy atom. The summed E-state index contributed by atoms with van der Waals surface area (Å²) < 4.78 is 0. The number of hydrogen-bond donors (Lipinski definition) is 4. The van der Waals surface area contributed by atoms with Crippen LogP contribution in [0.5, 0.6) is 0 Å². The average molecular weight is 677 g/mol. The lowest BCUT2D eigenvalue weighted by atomic mass is 9.82. The van der Waals surface area contributed by atoms with Crippen LogP contribution < -0.4 is 10.6 Å². The highest BCUT2D eigenvalue weighted by molar-refractivity contribution is 5.91. The Morgan fingerprint density at radius 2 is 1.69 bits per heavy atom. The number of rotatable bonds is 16. The highest BCUT2D eigenvalue weighted by Crippen LogP contribution is 2.30. The third-order valence-electron chi connectivity index (χ3n) is 10.7. The van der Waals surface area contributed by atoms with Gasteiger partial charge in [-0.05, 0) is 80.4 Å². The quantitative estimate of drug-likeness (QED) is 0.189. The molecule has 1 aromatic rings. The Balaban J connectivity index is 1.50. The lowest BCUT2D eigenvalue weighted by Crippen LogP contribution is -2.56. The van der Waals surface area contributed by atoms with Gasteiger partial charge in [-0.3, -0.25) is 19.4 Å². The Bertz CT molecular complexity index is 1240. The van der Waals surface area contributed by atoms with Crippen LogP contribution in [-0.2, 0) is 20.8 Å². The average Bonchev–Trinajstić information content (AvgIpc) is 3.22. The summed E-state index contributed by atoms with van der Waals surface area (Å²) in [7, 11) is 0. The first kappa shape index (κ1) is 38.6. The van der Waals surface area contributed by atoms with Crippen LogP contribution in [0.4, 0.5) is 0 Å². The smallest absolute Gasteiger partial charge is 0.242 e. The summed E-state index contributed by atoms with van der Waals surface area (Å²) in [6.07, 6.45) is 15.8. The van der Waals surface area contributed by atoms with Crippen molar-refractivity contribution in [3.05, 3.63) is 35.9 Å². The van der Waals surface area contributed by atoms with Crippen molar-refractivity contribution in [2.45, 2.75) is 128 Å². The first-order chi connectivity index (χ1) is 23.6. The number of aliphatic hydroxyl groups excluding tert-OH is 2. The van der Waals surface area contributed by atoms with E-state index in [1.165, 1.54) is 6.42 Å². The van der Waals surface area contributed by atoms with Gasteiger partial charge in [0.05, 0.1) is 18.1 Å². The number of aliphatic hydroxyl groups is 2. The van der Waals surface area contributed by atoms with E-state index in [1.54, 1.807) is 0 Å².